The molecule has 0 bridgehead atoms. The number of hydrogen-bond donors (Lipinski definition) is 0. The van der Waals surface area contributed by atoms with Gasteiger partial charge >= 0.3 is 0 Å². The van der Waals surface area contributed by atoms with Crippen LogP contribution in [0.3, 0.4) is 0 Å². The second kappa shape index (κ2) is 4.85. The minimum atomic E-state index is 0.993. The van der Waals surface area contributed by atoms with Crippen molar-refractivity contribution in [3.8, 4) is 11.1 Å². The summed E-state index contributed by atoms with van der Waals surface area (Å²) in [6.07, 6.45) is 1.91. The fourth-order valence-electron chi connectivity index (χ4n) is 3.11. The van der Waals surface area contributed by atoms with Crippen LogP contribution in [0.25, 0.3) is 39.1 Å². The lowest BCUT2D eigenvalue weighted by atomic mass is 10.0. The summed E-state index contributed by atoms with van der Waals surface area (Å²) in [5.41, 5.74) is 5.51. The summed E-state index contributed by atoms with van der Waals surface area (Å²) >= 11 is 0. The molecule has 0 radical (unpaired) electrons. The van der Waals surface area contributed by atoms with Crippen molar-refractivity contribution >= 4 is 28.0 Å². The molecule has 2 heteroatoms. The van der Waals surface area contributed by atoms with Crippen molar-refractivity contribution in [1.29, 1.82) is 0 Å². The van der Waals surface area contributed by atoms with Crippen LogP contribution in [0, 0.1) is 0 Å². The molecule has 0 aliphatic carbocycles. The molecule has 0 N–H and O–H groups in total. The summed E-state index contributed by atoms with van der Waals surface area (Å²) in [6, 6.07) is 20.9. The van der Waals surface area contributed by atoms with Crippen molar-refractivity contribution in [2.24, 2.45) is 7.05 Å². The third-order valence-electron chi connectivity index (χ3n) is 4.16. The van der Waals surface area contributed by atoms with Crippen molar-refractivity contribution in [2.75, 3.05) is 0 Å². The predicted octanol–water partition coefficient (Wildman–Crippen LogP) is 5.04. The third kappa shape index (κ3) is 1.77. The molecule has 0 aliphatic rings. The molecule has 2 nitrogen and oxygen atoms in total. The highest BCUT2D eigenvalue weighted by atomic mass is 15.0. The summed E-state index contributed by atoms with van der Waals surface area (Å²) in [6.45, 7) is 3.99. The summed E-state index contributed by atoms with van der Waals surface area (Å²) in [5, 5.41) is 2.33. The average molecular weight is 284 g/mol. The number of aromatic nitrogens is 2. The van der Waals surface area contributed by atoms with Crippen LogP contribution < -0.4 is 0 Å². The zero-order chi connectivity index (χ0) is 15.1. The molecule has 2 heterocycles. The van der Waals surface area contributed by atoms with Gasteiger partial charge in [-0.3, -0.25) is 0 Å². The smallest absolute Gasteiger partial charge is 0.141 e. The minimum absolute atomic E-state index is 0.993. The second-order valence-electron chi connectivity index (χ2n) is 5.44. The van der Waals surface area contributed by atoms with E-state index in [0.717, 1.165) is 22.2 Å². The SMILES string of the molecule is C=Cc1c(-c2ccccc2)c2cc3ccccc3nc2n1C. The number of para-hydroxylation sites is 1. The molecule has 22 heavy (non-hydrogen) atoms. The Bertz CT molecular complexity index is 995. The van der Waals surface area contributed by atoms with Crippen LogP contribution in [0.1, 0.15) is 5.69 Å². The quantitative estimate of drug-likeness (QED) is 0.504. The Morgan fingerprint density at radius 1 is 1.00 bits per heavy atom. The standard InChI is InChI=1S/C20H16N2/c1-3-18-19(14-9-5-4-6-10-14)16-13-15-11-7-8-12-17(15)21-20(16)22(18)2/h3-13H,1H2,2H3. The van der Waals surface area contributed by atoms with Crippen LogP contribution >= 0.6 is 0 Å². The molecule has 2 aromatic heterocycles. The summed E-state index contributed by atoms with van der Waals surface area (Å²) in [7, 11) is 2.05. The Morgan fingerprint density at radius 3 is 2.50 bits per heavy atom. The molecular weight excluding hydrogens is 268 g/mol. The molecule has 0 unspecified atom stereocenters. The van der Waals surface area contributed by atoms with Gasteiger partial charge in [0, 0.05) is 23.4 Å². The lowest BCUT2D eigenvalue weighted by molar-refractivity contribution is 0.940. The largest absolute Gasteiger partial charge is 0.328 e. The molecule has 106 valence electrons. The van der Waals surface area contributed by atoms with Gasteiger partial charge in [0.2, 0.25) is 0 Å². The fourth-order valence-corrected chi connectivity index (χ4v) is 3.11. The first-order chi connectivity index (χ1) is 10.8. The Kier molecular flexibility index (Phi) is 2.83. The lowest BCUT2D eigenvalue weighted by Gasteiger charge is -2.03. The fraction of sp³-hybridized carbons (Fsp3) is 0.0500. The summed E-state index contributed by atoms with van der Waals surface area (Å²) in [5.74, 6) is 0. The average Bonchev–Trinajstić information content (AvgIpc) is 2.85. The molecule has 0 amide bonds. The van der Waals surface area contributed by atoms with Gasteiger partial charge in [-0.15, -0.1) is 0 Å². The normalized spacial score (nSPS) is 11.1. The maximum Gasteiger partial charge on any atom is 0.141 e. The third-order valence-corrected chi connectivity index (χ3v) is 4.16. The number of benzene rings is 2. The molecule has 0 aliphatic heterocycles. The van der Waals surface area contributed by atoms with Gasteiger partial charge in [0.25, 0.3) is 0 Å². The predicted molar refractivity (Wildman–Crippen MR) is 93.7 cm³/mol. The van der Waals surface area contributed by atoms with Gasteiger partial charge in [0.15, 0.2) is 0 Å². The highest BCUT2D eigenvalue weighted by Gasteiger charge is 2.16. The number of hydrogen-bond acceptors (Lipinski definition) is 1. The molecule has 0 saturated heterocycles. The van der Waals surface area contributed by atoms with E-state index in [-0.39, 0.29) is 0 Å². The van der Waals surface area contributed by atoms with Gasteiger partial charge in [-0.25, -0.2) is 4.98 Å². The number of fused-ring (bicyclic) bond motifs is 2. The van der Waals surface area contributed by atoms with Crippen LogP contribution in [0.2, 0.25) is 0 Å². The Labute approximate surface area is 129 Å². The van der Waals surface area contributed by atoms with Crippen LogP contribution in [0.15, 0.2) is 67.2 Å². The number of pyridine rings is 1. The monoisotopic (exact) mass is 284 g/mol. The van der Waals surface area contributed by atoms with E-state index in [4.69, 9.17) is 4.98 Å². The van der Waals surface area contributed by atoms with E-state index >= 15 is 0 Å². The van der Waals surface area contributed by atoms with Crippen molar-refractivity contribution in [1.82, 2.24) is 9.55 Å². The molecule has 0 saturated carbocycles. The first kappa shape index (κ1) is 12.8. The van der Waals surface area contributed by atoms with E-state index in [0.29, 0.717) is 0 Å². The van der Waals surface area contributed by atoms with Crippen LogP contribution in [-0.4, -0.2) is 9.55 Å². The number of nitrogens with zero attached hydrogens (tertiary/aromatic N) is 2. The van der Waals surface area contributed by atoms with E-state index in [1.807, 2.05) is 25.3 Å². The van der Waals surface area contributed by atoms with Crippen LogP contribution in [0.5, 0.6) is 0 Å². The van der Waals surface area contributed by atoms with E-state index in [9.17, 15) is 0 Å². The summed E-state index contributed by atoms with van der Waals surface area (Å²) < 4.78 is 2.12. The Hall–Kier alpha value is -2.87. The molecule has 0 spiro atoms. The second-order valence-corrected chi connectivity index (χ2v) is 5.44. The maximum atomic E-state index is 4.85. The zero-order valence-corrected chi connectivity index (χ0v) is 12.5. The van der Waals surface area contributed by atoms with Gasteiger partial charge in [0.05, 0.1) is 11.2 Å². The molecule has 0 fully saturated rings. The van der Waals surface area contributed by atoms with Gasteiger partial charge < -0.3 is 4.57 Å². The maximum absolute atomic E-state index is 4.85. The Morgan fingerprint density at radius 2 is 1.73 bits per heavy atom. The van der Waals surface area contributed by atoms with Gasteiger partial charge in [-0.2, -0.15) is 0 Å². The molecule has 2 aromatic carbocycles. The topological polar surface area (TPSA) is 17.8 Å². The van der Waals surface area contributed by atoms with Crippen molar-refractivity contribution < 1.29 is 0 Å². The first-order valence-corrected chi connectivity index (χ1v) is 7.35. The van der Waals surface area contributed by atoms with Gasteiger partial charge in [-0.1, -0.05) is 55.1 Å². The van der Waals surface area contributed by atoms with Gasteiger partial charge in [0.1, 0.15) is 5.65 Å². The minimum Gasteiger partial charge on any atom is -0.328 e. The van der Waals surface area contributed by atoms with E-state index in [1.165, 1.54) is 16.5 Å². The van der Waals surface area contributed by atoms with Crippen molar-refractivity contribution in [3.63, 3.8) is 0 Å². The lowest BCUT2D eigenvalue weighted by Crippen LogP contribution is -1.92. The van der Waals surface area contributed by atoms with E-state index < -0.39 is 0 Å². The highest BCUT2D eigenvalue weighted by Crippen LogP contribution is 2.35. The molecule has 4 aromatic rings. The van der Waals surface area contributed by atoms with Crippen LogP contribution in [0.4, 0.5) is 0 Å². The summed E-state index contributed by atoms with van der Waals surface area (Å²) in [4.78, 5) is 4.85. The van der Waals surface area contributed by atoms with E-state index in [2.05, 4.69) is 59.7 Å². The van der Waals surface area contributed by atoms with Gasteiger partial charge in [-0.05, 0) is 23.8 Å². The van der Waals surface area contributed by atoms with E-state index in [1.54, 1.807) is 0 Å². The molecular formula is C20H16N2. The number of rotatable bonds is 2. The van der Waals surface area contributed by atoms with Crippen molar-refractivity contribution in [2.45, 2.75) is 0 Å². The first-order valence-electron chi connectivity index (χ1n) is 7.35. The molecule has 0 atom stereocenters. The highest BCUT2D eigenvalue weighted by molar-refractivity contribution is 6.03. The van der Waals surface area contributed by atoms with Crippen LogP contribution in [-0.2, 0) is 7.05 Å². The van der Waals surface area contributed by atoms with Crippen molar-refractivity contribution in [3.05, 3.63) is 72.9 Å². The molecule has 4 rings (SSSR count). The Balaban J connectivity index is 2.18. The zero-order valence-electron chi connectivity index (χ0n) is 12.5. The number of aryl methyl sites for hydroxylation is 1.